The normalized spacial score (nSPS) is 21.4. The number of H-pyrrole nitrogens is 1. The van der Waals surface area contributed by atoms with Gasteiger partial charge in [0, 0.05) is 60.1 Å². The maximum Gasteiger partial charge on any atom is 0.125 e. The summed E-state index contributed by atoms with van der Waals surface area (Å²) in [5.74, 6) is 0. The van der Waals surface area contributed by atoms with Crippen LogP contribution in [-0.2, 0) is 0 Å². The molecule has 0 saturated heterocycles. The van der Waals surface area contributed by atoms with Gasteiger partial charge in [-0.25, -0.2) is 9.97 Å². The SMILES string of the molecule is CCCN1C=CC=CC1c1c(C2C=CC=CN2CCC)c2c(C3C=CC=CN3CCC)c3nc(cc4ccc(cc5nc(cc1n2C1C=CC=CN1CCC)C=C5)[nH]4)C=C3. The predicted octanol–water partition coefficient (Wildman–Crippen LogP) is 11.9. The lowest BCUT2D eigenvalue weighted by Crippen LogP contribution is -2.31. The van der Waals surface area contributed by atoms with E-state index in [1.165, 1.54) is 27.7 Å². The van der Waals surface area contributed by atoms with E-state index in [0.29, 0.717) is 0 Å². The summed E-state index contributed by atoms with van der Waals surface area (Å²) in [5.41, 5.74) is 12.0. The lowest BCUT2D eigenvalue weighted by molar-refractivity contribution is 0.258. The first-order valence-corrected chi connectivity index (χ1v) is 22.2. The molecule has 9 heterocycles. The third-order valence-electron chi connectivity index (χ3n) is 12.0. The topological polar surface area (TPSA) is 59.5 Å². The lowest BCUT2D eigenvalue weighted by Gasteiger charge is -2.36. The second kappa shape index (κ2) is 17.5. The molecular formula is C52H58N8. The molecule has 306 valence electrons. The van der Waals surface area contributed by atoms with Gasteiger partial charge in [0.25, 0.3) is 0 Å². The Morgan fingerprint density at radius 3 is 1.53 bits per heavy atom. The average Bonchev–Trinajstić information content (AvgIpc) is 4.08. The molecule has 60 heavy (non-hydrogen) atoms. The number of allylic oxidation sites excluding steroid dienone is 8. The molecule has 8 nitrogen and oxygen atoms in total. The Balaban J connectivity index is 1.55. The van der Waals surface area contributed by atoms with Crippen molar-refractivity contribution in [3.8, 4) is 0 Å². The Morgan fingerprint density at radius 1 is 0.483 bits per heavy atom. The number of hydrogen-bond acceptors (Lipinski definition) is 6. The molecule has 4 atom stereocenters. The standard InChI is InChI=1S/C52H58N8/c1-5-27-56-31-13-9-17-44(56)49-43-26-25-41(55-43)36-40-22-21-38(53-40)35-39-23-24-42(54-39)37-47-50(45-18-10-14-32-57(45)28-6-2)51(46-19-11-15-33-58(46)29-7-3)52(49)60(47)48-20-12-16-34-59(48)30-8-4/h9-26,31-37,44-46,48,53H,5-8,27-30H2,1-4H3. The smallest absolute Gasteiger partial charge is 0.125 e. The van der Waals surface area contributed by atoms with Crippen LogP contribution in [0.25, 0.3) is 46.4 Å². The minimum atomic E-state index is -0.108. The van der Waals surface area contributed by atoms with Crippen LogP contribution < -0.4 is 0 Å². The van der Waals surface area contributed by atoms with Crippen molar-refractivity contribution in [3.63, 3.8) is 0 Å². The number of nitrogens with zero attached hydrogens (tertiary/aromatic N) is 7. The highest BCUT2D eigenvalue weighted by Gasteiger charge is 2.37. The summed E-state index contributed by atoms with van der Waals surface area (Å²) in [7, 11) is 0. The fourth-order valence-electron chi connectivity index (χ4n) is 9.61. The highest BCUT2D eigenvalue weighted by Crippen LogP contribution is 2.48. The van der Waals surface area contributed by atoms with Crippen molar-refractivity contribution in [2.24, 2.45) is 0 Å². The average molecular weight is 795 g/mol. The van der Waals surface area contributed by atoms with Crippen LogP contribution in [0.4, 0.5) is 0 Å². The zero-order valence-corrected chi connectivity index (χ0v) is 35.5. The summed E-state index contributed by atoms with van der Waals surface area (Å²) in [6.45, 7) is 12.8. The molecule has 8 bridgehead atoms. The van der Waals surface area contributed by atoms with Gasteiger partial charge in [0.1, 0.15) is 6.17 Å². The molecule has 0 fully saturated rings. The Labute approximate surface area is 355 Å². The third kappa shape index (κ3) is 7.55. The van der Waals surface area contributed by atoms with E-state index in [1.807, 2.05) is 0 Å². The van der Waals surface area contributed by atoms with Gasteiger partial charge in [0.15, 0.2) is 0 Å². The molecule has 0 spiro atoms. The van der Waals surface area contributed by atoms with Gasteiger partial charge in [-0.15, -0.1) is 0 Å². The molecule has 3 aromatic rings. The summed E-state index contributed by atoms with van der Waals surface area (Å²) < 4.78 is 2.68. The van der Waals surface area contributed by atoms with Crippen LogP contribution in [-0.4, -0.2) is 65.3 Å². The van der Waals surface area contributed by atoms with Gasteiger partial charge in [-0.3, -0.25) is 0 Å². The summed E-state index contributed by atoms with van der Waals surface area (Å²) in [6.07, 6.45) is 49.2. The van der Waals surface area contributed by atoms with Gasteiger partial charge in [0.05, 0.1) is 51.9 Å². The Hall–Kier alpha value is -6.28. The molecule has 8 heteroatoms. The van der Waals surface area contributed by atoms with Crippen molar-refractivity contribution in [2.75, 3.05) is 26.2 Å². The van der Waals surface area contributed by atoms with E-state index in [-0.39, 0.29) is 24.3 Å². The molecule has 0 saturated carbocycles. The van der Waals surface area contributed by atoms with E-state index in [1.54, 1.807) is 0 Å². The van der Waals surface area contributed by atoms with E-state index in [0.717, 1.165) is 85.7 Å². The van der Waals surface area contributed by atoms with Crippen LogP contribution >= 0.6 is 0 Å². The van der Waals surface area contributed by atoms with Crippen molar-refractivity contribution in [1.82, 2.24) is 39.1 Å². The Morgan fingerprint density at radius 2 is 0.950 bits per heavy atom. The van der Waals surface area contributed by atoms with Crippen LogP contribution in [0.2, 0.25) is 0 Å². The summed E-state index contributed by atoms with van der Waals surface area (Å²) in [6, 6.07) is 10.8. The van der Waals surface area contributed by atoms with Crippen LogP contribution in [0.15, 0.2) is 128 Å². The molecule has 6 aliphatic rings. The van der Waals surface area contributed by atoms with Crippen molar-refractivity contribution in [1.29, 1.82) is 0 Å². The van der Waals surface area contributed by atoms with Crippen molar-refractivity contribution in [3.05, 3.63) is 168 Å². The molecule has 6 aliphatic heterocycles. The molecule has 0 aromatic carbocycles. The Bertz CT molecular complexity index is 2570. The number of aromatic amines is 1. The zero-order chi connectivity index (χ0) is 41.0. The second-order valence-corrected chi connectivity index (χ2v) is 16.3. The zero-order valence-electron chi connectivity index (χ0n) is 35.5. The number of aromatic nitrogens is 4. The highest BCUT2D eigenvalue weighted by atomic mass is 15.3. The van der Waals surface area contributed by atoms with Gasteiger partial charge < -0.3 is 29.2 Å². The first-order valence-electron chi connectivity index (χ1n) is 22.2. The minimum absolute atomic E-state index is 0.0202. The van der Waals surface area contributed by atoms with E-state index >= 15 is 0 Å². The molecular weight excluding hydrogens is 737 g/mol. The number of fused-ring (bicyclic) bond motifs is 8. The van der Waals surface area contributed by atoms with Crippen LogP contribution in [0, 0.1) is 0 Å². The van der Waals surface area contributed by atoms with E-state index < -0.39 is 0 Å². The molecule has 9 rings (SSSR count). The minimum Gasteiger partial charge on any atom is -0.367 e. The predicted molar refractivity (Wildman–Crippen MR) is 251 cm³/mol. The fraction of sp³-hybridized carbons (Fsp3) is 0.308. The molecule has 0 aliphatic carbocycles. The van der Waals surface area contributed by atoms with Crippen LogP contribution in [0.3, 0.4) is 0 Å². The fourth-order valence-corrected chi connectivity index (χ4v) is 9.61. The number of rotatable bonds is 12. The third-order valence-corrected chi connectivity index (χ3v) is 12.0. The maximum atomic E-state index is 5.57. The Kier molecular flexibility index (Phi) is 11.4. The molecule has 4 unspecified atom stereocenters. The van der Waals surface area contributed by atoms with Gasteiger partial charge in [-0.2, -0.15) is 0 Å². The second-order valence-electron chi connectivity index (χ2n) is 16.3. The molecule has 3 aromatic heterocycles. The van der Waals surface area contributed by atoms with E-state index in [2.05, 4.69) is 209 Å². The van der Waals surface area contributed by atoms with Gasteiger partial charge in [-0.1, -0.05) is 70.2 Å². The van der Waals surface area contributed by atoms with Crippen LogP contribution in [0.5, 0.6) is 0 Å². The van der Waals surface area contributed by atoms with E-state index in [9.17, 15) is 0 Å². The van der Waals surface area contributed by atoms with E-state index in [4.69, 9.17) is 9.97 Å². The maximum absolute atomic E-state index is 5.57. The van der Waals surface area contributed by atoms with Crippen LogP contribution in [0.1, 0.15) is 117 Å². The van der Waals surface area contributed by atoms with Gasteiger partial charge in [0.2, 0.25) is 0 Å². The molecule has 0 radical (unpaired) electrons. The van der Waals surface area contributed by atoms with Crippen molar-refractivity contribution < 1.29 is 0 Å². The number of hydrogen-bond donors (Lipinski definition) is 1. The van der Waals surface area contributed by atoms with Crippen molar-refractivity contribution >= 4 is 46.4 Å². The highest BCUT2D eigenvalue weighted by molar-refractivity contribution is 5.86. The van der Waals surface area contributed by atoms with Crippen molar-refractivity contribution in [2.45, 2.75) is 77.7 Å². The summed E-state index contributed by atoms with van der Waals surface area (Å²) >= 11 is 0. The lowest BCUT2D eigenvalue weighted by atomic mass is 9.89. The quantitative estimate of drug-likeness (QED) is 0.136. The molecule has 1 N–H and O–H groups in total. The first-order chi connectivity index (χ1) is 29.6. The van der Waals surface area contributed by atoms with Gasteiger partial charge in [-0.05, 0) is 129 Å². The molecule has 0 amide bonds. The monoisotopic (exact) mass is 794 g/mol. The summed E-state index contributed by atoms with van der Waals surface area (Å²) in [4.78, 5) is 24.6. The number of nitrogens with one attached hydrogen (secondary N) is 1. The first kappa shape index (κ1) is 39.2. The largest absolute Gasteiger partial charge is 0.367 e. The van der Waals surface area contributed by atoms with Gasteiger partial charge >= 0.3 is 0 Å². The summed E-state index contributed by atoms with van der Waals surface area (Å²) in [5, 5.41) is 0.